The second-order valence-corrected chi connectivity index (χ2v) is 5.12. The Morgan fingerprint density at radius 1 is 1.40 bits per heavy atom. The van der Waals surface area contributed by atoms with E-state index in [0.29, 0.717) is 24.5 Å². The number of H-pyrrole nitrogens is 1. The first kappa shape index (κ1) is 13.1. The molecule has 0 saturated heterocycles. The lowest BCUT2D eigenvalue weighted by Gasteiger charge is -2.13. The van der Waals surface area contributed by atoms with E-state index in [1.165, 1.54) is 17.7 Å². The van der Waals surface area contributed by atoms with Crippen molar-refractivity contribution in [3.05, 3.63) is 57.0 Å². The smallest absolute Gasteiger partial charge is 0.305 e. The summed E-state index contributed by atoms with van der Waals surface area (Å²) in [6, 6.07) is 4.47. The number of hydrogen-bond donors (Lipinski definition) is 1. The highest BCUT2D eigenvalue weighted by Crippen LogP contribution is 2.24. The number of aromatic nitrogens is 2. The summed E-state index contributed by atoms with van der Waals surface area (Å²) >= 11 is 5.61. The lowest BCUT2D eigenvalue weighted by Crippen LogP contribution is -2.18. The van der Waals surface area contributed by atoms with Crippen LogP contribution in [0.1, 0.15) is 17.0 Å². The van der Waals surface area contributed by atoms with Crippen molar-refractivity contribution in [1.29, 1.82) is 0 Å². The number of nitrogens with zero attached hydrogens (tertiary/aromatic N) is 2. The Bertz CT molecular complexity index is 747. The number of benzene rings is 1. The molecule has 1 aromatic heterocycles. The highest BCUT2D eigenvalue weighted by Gasteiger charge is 2.22. The number of hydrogen-bond acceptors (Lipinski definition) is 2. The van der Waals surface area contributed by atoms with Crippen molar-refractivity contribution < 1.29 is 4.39 Å². The fourth-order valence-corrected chi connectivity index (χ4v) is 2.73. The van der Waals surface area contributed by atoms with Gasteiger partial charge in [0.05, 0.1) is 17.1 Å². The highest BCUT2D eigenvalue weighted by atomic mass is 35.5. The van der Waals surface area contributed by atoms with E-state index in [1.54, 1.807) is 16.7 Å². The van der Waals surface area contributed by atoms with Crippen LogP contribution in [0.25, 0.3) is 11.8 Å². The van der Waals surface area contributed by atoms with Crippen LogP contribution in [0, 0.1) is 5.82 Å². The predicted molar refractivity (Wildman–Crippen MR) is 76.4 cm³/mol. The summed E-state index contributed by atoms with van der Waals surface area (Å²) in [5.41, 5.74) is 4.11. The average molecular weight is 294 g/mol. The topological polar surface area (TPSA) is 41.0 Å². The Morgan fingerprint density at radius 2 is 2.20 bits per heavy atom. The van der Waals surface area contributed by atoms with Crippen molar-refractivity contribution in [3.8, 4) is 5.69 Å². The van der Waals surface area contributed by atoms with E-state index >= 15 is 0 Å². The van der Waals surface area contributed by atoms with Gasteiger partial charge in [-0.3, -0.25) is 9.47 Å². The van der Waals surface area contributed by atoms with Gasteiger partial charge in [0.25, 0.3) is 0 Å². The fraction of sp³-hybridized carbons (Fsp3) is 0.214. The van der Waals surface area contributed by atoms with Gasteiger partial charge in [-0.1, -0.05) is 11.6 Å². The Kier molecular flexibility index (Phi) is 3.23. The van der Waals surface area contributed by atoms with Crippen molar-refractivity contribution in [2.24, 2.45) is 0 Å². The molecular formula is C14H13ClFN3O. The van der Waals surface area contributed by atoms with Gasteiger partial charge in [0.2, 0.25) is 0 Å². The average Bonchev–Trinajstić information content (AvgIpc) is 2.60. The number of halogens is 2. The lowest BCUT2D eigenvalue weighted by atomic mass is 10.1. The Labute approximate surface area is 120 Å². The number of fused-ring (bicyclic) bond motifs is 3. The van der Waals surface area contributed by atoms with Crippen LogP contribution in [0.4, 0.5) is 4.39 Å². The zero-order valence-electron chi connectivity index (χ0n) is 10.9. The predicted octanol–water partition coefficient (Wildman–Crippen LogP) is 2.46. The molecule has 3 rings (SSSR count). The first-order valence-corrected chi connectivity index (χ1v) is 6.62. The molecule has 0 atom stereocenters. The largest absolute Gasteiger partial charge is 0.330 e. The molecule has 20 heavy (non-hydrogen) atoms. The maximum Gasteiger partial charge on any atom is 0.330 e. The minimum absolute atomic E-state index is 0.243. The van der Waals surface area contributed by atoms with Gasteiger partial charge < -0.3 is 4.98 Å². The molecule has 0 radical (unpaired) electrons. The second-order valence-electron chi connectivity index (χ2n) is 4.86. The molecule has 1 aromatic carbocycles. The summed E-state index contributed by atoms with van der Waals surface area (Å²) in [4.78, 5) is 17.0. The van der Waals surface area contributed by atoms with Crippen LogP contribution in [0.3, 0.4) is 0 Å². The molecule has 4 nitrogen and oxygen atoms in total. The summed E-state index contributed by atoms with van der Waals surface area (Å²) in [7, 11) is 1.93. The van der Waals surface area contributed by atoms with Gasteiger partial charge in [-0.2, -0.15) is 0 Å². The molecule has 2 aromatic rings. The summed E-state index contributed by atoms with van der Waals surface area (Å²) < 4.78 is 15.0. The van der Waals surface area contributed by atoms with Gasteiger partial charge in [-0.25, -0.2) is 9.18 Å². The maximum absolute atomic E-state index is 13.4. The summed E-state index contributed by atoms with van der Waals surface area (Å²) in [5.74, 6) is -0.301. The van der Waals surface area contributed by atoms with Crippen LogP contribution < -0.4 is 5.69 Å². The number of nitrogens with one attached hydrogen (secondary N) is 1. The van der Waals surface area contributed by atoms with Crippen molar-refractivity contribution >= 4 is 17.7 Å². The molecule has 1 N–H and O–H groups in total. The SMILES string of the molecule is CN1Cc2cc(F)ccc2-n2c(c(/C=C\Cl)[nH]c2=O)C1. The molecule has 2 heterocycles. The molecule has 1 aliphatic rings. The van der Waals surface area contributed by atoms with Gasteiger partial charge in [-0.05, 0) is 36.9 Å². The zero-order valence-corrected chi connectivity index (χ0v) is 11.6. The third-order valence-electron chi connectivity index (χ3n) is 3.40. The molecule has 0 bridgehead atoms. The van der Waals surface area contributed by atoms with Crippen LogP contribution in [-0.2, 0) is 13.1 Å². The second kappa shape index (κ2) is 4.92. The minimum atomic E-state index is -0.301. The molecular weight excluding hydrogens is 281 g/mol. The van der Waals surface area contributed by atoms with Gasteiger partial charge in [0, 0.05) is 18.6 Å². The minimum Gasteiger partial charge on any atom is -0.305 e. The molecule has 1 aliphatic heterocycles. The number of imidazole rings is 1. The van der Waals surface area contributed by atoms with Gasteiger partial charge in [0.1, 0.15) is 5.82 Å². The standard InChI is InChI=1S/C14H13ClFN3O/c1-18-7-9-6-10(16)2-3-12(9)19-13(8-18)11(4-5-15)17-14(19)20/h2-6H,7-8H2,1H3,(H,17,20)/b5-4-. The van der Waals surface area contributed by atoms with Crippen LogP contribution in [0.5, 0.6) is 0 Å². The summed E-state index contributed by atoms with van der Waals surface area (Å²) in [6.45, 7) is 1.16. The van der Waals surface area contributed by atoms with E-state index in [-0.39, 0.29) is 11.5 Å². The van der Waals surface area contributed by atoms with Crippen molar-refractivity contribution in [2.45, 2.75) is 13.1 Å². The Morgan fingerprint density at radius 3 is 2.95 bits per heavy atom. The number of rotatable bonds is 1. The van der Waals surface area contributed by atoms with Crippen molar-refractivity contribution in [3.63, 3.8) is 0 Å². The number of aromatic amines is 1. The van der Waals surface area contributed by atoms with Gasteiger partial charge in [-0.15, -0.1) is 0 Å². The Hall–Kier alpha value is -1.85. The zero-order chi connectivity index (χ0) is 14.3. The molecule has 6 heteroatoms. The quantitative estimate of drug-likeness (QED) is 0.877. The first-order valence-electron chi connectivity index (χ1n) is 6.18. The third kappa shape index (κ3) is 2.09. The van der Waals surface area contributed by atoms with E-state index < -0.39 is 0 Å². The van der Waals surface area contributed by atoms with Crippen LogP contribution in [0.15, 0.2) is 28.5 Å². The summed E-state index contributed by atoms with van der Waals surface area (Å²) in [6.07, 6.45) is 1.65. The monoisotopic (exact) mass is 293 g/mol. The molecule has 0 amide bonds. The first-order chi connectivity index (χ1) is 9.60. The normalized spacial score (nSPS) is 15.2. The van der Waals surface area contributed by atoms with E-state index in [4.69, 9.17) is 11.6 Å². The van der Waals surface area contributed by atoms with Crippen LogP contribution >= 0.6 is 11.6 Å². The molecule has 0 aliphatic carbocycles. The molecule has 0 spiro atoms. The lowest BCUT2D eigenvalue weighted by molar-refractivity contribution is 0.319. The van der Waals surface area contributed by atoms with Crippen molar-refractivity contribution in [2.75, 3.05) is 7.05 Å². The van der Waals surface area contributed by atoms with Gasteiger partial charge in [0.15, 0.2) is 0 Å². The Balaban J connectivity index is 2.31. The third-order valence-corrected chi connectivity index (χ3v) is 3.52. The molecule has 104 valence electrons. The molecule has 0 unspecified atom stereocenters. The highest BCUT2D eigenvalue weighted by molar-refractivity contribution is 6.27. The maximum atomic E-state index is 13.4. The van der Waals surface area contributed by atoms with Crippen LogP contribution in [0.2, 0.25) is 0 Å². The van der Waals surface area contributed by atoms with Crippen LogP contribution in [-0.4, -0.2) is 21.5 Å². The molecule has 0 fully saturated rings. The van der Waals surface area contributed by atoms with Crippen molar-refractivity contribution in [1.82, 2.24) is 14.5 Å². The fourth-order valence-electron chi connectivity index (χ4n) is 2.60. The molecule has 0 saturated carbocycles. The van der Waals surface area contributed by atoms with E-state index in [9.17, 15) is 9.18 Å². The van der Waals surface area contributed by atoms with E-state index in [0.717, 1.165) is 11.3 Å². The van der Waals surface area contributed by atoms with Gasteiger partial charge >= 0.3 is 5.69 Å². The van der Waals surface area contributed by atoms with E-state index in [2.05, 4.69) is 4.98 Å². The van der Waals surface area contributed by atoms with E-state index in [1.807, 2.05) is 11.9 Å². The summed E-state index contributed by atoms with van der Waals surface area (Å²) in [5, 5.41) is 0.